The van der Waals surface area contributed by atoms with Crippen molar-refractivity contribution in [2.24, 2.45) is 5.16 Å². The molecular formula is C13H15N3O2S. The molecule has 0 aliphatic carbocycles. The fourth-order valence-corrected chi connectivity index (χ4v) is 3.08. The second kappa shape index (κ2) is 4.77. The maximum absolute atomic E-state index is 12.1. The van der Waals surface area contributed by atoms with E-state index < -0.39 is 0 Å². The number of aromatic amines is 1. The topological polar surface area (TPSA) is 67.3 Å². The Morgan fingerprint density at radius 2 is 2.32 bits per heavy atom. The Hall–Kier alpha value is -1.69. The number of hydrogen-bond donors (Lipinski definition) is 1. The molecule has 0 spiro atoms. The largest absolute Gasteiger partial charge is 0.384 e. The molecule has 3 heterocycles. The Balaban J connectivity index is 2.00. The highest BCUT2D eigenvalue weighted by atomic mass is 32.1. The van der Waals surface area contributed by atoms with E-state index in [0.717, 1.165) is 23.4 Å². The zero-order valence-electron chi connectivity index (χ0n) is 10.9. The molecule has 1 N–H and O–H groups in total. The minimum atomic E-state index is -0.251. The van der Waals surface area contributed by atoms with E-state index in [9.17, 15) is 4.79 Å². The number of hydrogen-bond acceptors (Lipinski definition) is 5. The van der Waals surface area contributed by atoms with Crippen LogP contribution >= 0.6 is 11.3 Å². The molecule has 2 aromatic rings. The molecule has 2 aromatic heterocycles. The lowest BCUT2D eigenvalue weighted by molar-refractivity contribution is 0.0792. The number of nitrogens with zero attached hydrogens (tertiary/aromatic N) is 2. The average Bonchev–Trinajstić information content (AvgIpc) is 3.04. The van der Waals surface area contributed by atoms with Crippen LogP contribution in [0, 0.1) is 0 Å². The first-order valence-corrected chi connectivity index (χ1v) is 7.27. The first-order valence-electron chi connectivity index (χ1n) is 6.45. The van der Waals surface area contributed by atoms with Gasteiger partial charge in [-0.05, 0) is 18.9 Å². The van der Waals surface area contributed by atoms with Crippen LogP contribution in [0.4, 0.5) is 0 Å². The van der Waals surface area contributed by atoms with Crippen LogP contribution < -0.4 is 5.56 Å². The van der Waals surface area contributed by atoms with Gasteiger partial charge in [0.1, 0.15) is 4.83 Å². The van der Waals surface area contributed by atoms with Crippen molar-refractivity contribution >= 4 is 27.3 Å². The van der Waals surface area contributed by atoms with E-state index in [1.54, 1.807) is 11.3 Å². The van der Waals surface area contributed by atoms with Crippen LogP contribution in [0.15, 0.2) is 16.0 Å². The molecule has 0 saturated carbocycles. The van der Waals surface area contributed by atoms with Crippen LogP contribution in [0.3, 0.4) is 0 Å². The Morgan fingerprint density at radius 3 is 3.00 bits per heavy atom. The molecule has 100 valence electrons. The van der Waals surface area contributed by atoms with E-state index in [0.29, 0.717) is 17.6 Å². The number of nitrogens with one attached hydrogen (secondary N) is 1. The molecule has 1 unspecified atom stereocenters. The van der Waals surface area contributed by atoms with Gasteiger partial charge in [-0.1, -0.05) is 19.0 Å². The summed E-state index contributed by atoms with van der Waals surface area (Å²) in [7, 11) is 0. The molecular weight excluding hydrogens is 262 g/mol. The summed E-state index contributed by atoms with van der Waals surface area (Å²) in [4.78, 5) is 26.7. The van der Waals surface area contributed by atoms with Crippen molar-refractivity contribution in [1.82, 2.24) is 9.97 Å². The van der Waals surface area contributed by atoms with Crippen molar-refractivity contribution in [2.75, 3.05) is 0 Å². The lowest BCUT2D eigenvalue weighted by atomic mass is 10.1. The number of oxime groups is 1. The molecule has 5 nitrogen and oxygen atoms in total. The molecule has 1 aliphatic heterocycles. The lowest BCUT2D eigenvalue weighted by Crippen LogP contribution is -2.14. The zero-order chi connectivity index (χ0) is 13.4. The van der Waals surface area contributed by atoms with Crippen LogP contribution in [0.25, 0.3) is 10.2 Å². The van der Waals surface area contributed by atoms with E-state index in [-0.39, 0.29) is 11.7 Å². The van der Waals surface area contributed by atoms with Gasteiger partial charge in [-0.2, -0.15) is 0 Å². The molecule has 0 amide bonds. The average molecular weight is 277 g/mol. The van der Waals surface area contributed by atoms with Gasteiger partial charge in [0.05, 0.1) is 11.1 Å². The summed E-state index contributed by atoms with van der Waals surface area (Å²) in [6.45, 7) is 4.11. The predicted molar refractivity (Wildman–Crippen MR) is 75.8 cm³/mol. The van der Waals surface area contributed by atoms with Gasteiger partial charge >= 0.3 is 0 Å². The molecule has 3 rings (SSSR count). The molecule has 0 fully saturated rings. The van der Waals surface area contributed by atoms with Gasteiger partial charge in [-0.15, -0.1) is 11.3 Å². The summed E-state index contributed by atoms with van der Waals surface area (Å²) >= 11 is 1.57. The van der Waals surface area contributed by atoms with Gasteiger partial charge < -0.3 is 9.82 Å². The van der Waals surface area contributed by atoms with Crippen LogP contribution in [0.5, 0.6) is 0 Å². The van der Waals surface area contributed by atoms with Crippen LogP contribution in [-0.2, 0) is 11.3 Å². The number of rotatable bonds is 3. The van der Waals surface area contributed by atoms with Gasteiger partial charge in [-0.3, -0.25) is 4.79 Å². The van der Waals surface area contributed by atoms with Crippen molar-refractivity contribution in [3.63, 3.8) is 0 Å². The second-order valence-electron chi connectivity index (χ2n) is 4.55. The van der Waals surface area contributed by atoms with Crippen LogP contribution in [0.2, 0.25) is 0 Å². The molecule has 1 aliphatic rings. The van der Waals surface area contributed by atoms with Crippen molar-refractivity contribution in [1.29, 1.82) is 0 Å². The minimum absolute atomic E-state index is 0.0931. The maximum atomic E-state index is 12.1. The third kappa shape index (κ3) is 2.16. The molecule has 19 heavy (non-hydrogen) atoms. The van der Waals surface area contributed by atoms with Crippen molar-refractivity contribution < 1.29 is 4.84 Å². The van der Waals surface area contributed by atoms with Gasteiger partial charge in [0.25, 0.3) is 5.56 Å². The predicted octanol–water partition coefficient (Wildman–Crippen LogP) is 2.77. The highest BCUT2D eigenvalue weighted by molar-refractivity contribution is 7.18. The molecule has 0 bridgehead atoms. The Bertz CT molecular complexity index is 701. The van der Waals surface area contributed by atoms with Gasteiger partial charge in [0.15, 0.2) is 11.9 Å². The lowest BCUT2D eigenvalue weighted by Gasteiger charge is -2.06. The Kier molecular flexibility index (Phi) is 3.10. The van der Waals surface area contributed by atoms with Crippen LogP contribution in [0.1, 0.15) is 43.5 Å². The first kappa shape index (κ1) is 12.3. The summed E-state index contributed by atoms with van der Waals surface area (Å²) in [6, 6.07) is 1.92. The van der Waals surface area contributed by atoms with E-state index in [2.05, 4.69) is 22.0 Å². The number of aromatic nitrogens is 2. The van der Waals surface area contributed by atoms with E-state index in [1.807, 2.05) is 13.0 Å². The summed E-state index contributed by atoms with van der Waals surface area (Å²) < 4.78 is 0. The zero-order valence-corrected chi connectivity index (χ0v) is 11.7. The smallest absolute Gasteiger partial charge is 0.259 e. The van der Waals surface area contributed by atoms with Gasteiger partial charge in [-0.25, -0.2) is 4.98 Å². The fraction of sp³-hybridized carbons (Fsp3) is 0.462. The molecule has 6 heteroatoms. The number of aryl methyl sites for hydroxylation is 1. The maximum Gasteiger partial charge on any atom is 0.259 e. The standard InChI is InChI=1S/C13H15N3O2S/c1-3-7-5-10(18-16-7)11-14-12(17)9-6-8(4-2)19-13(9)15-11/h6,10H,3-5H2,1-2H3,(H,14,15,17). The van der Waals surface area contributed by atoms with Crippen LogP contribution in [-0.4, -0.2) is 15.7 Å². The fourth-order valence-electron chi connectivity index (χ4n) is 2.11. The normalized spacial score (nSPS) is 18.6. The SMILES string of the molecule is CCC1=NOC(c2nc3sc(CC)cc3c(=O)[nH]2)C1. The molecule has 0 saturated heterocycles. The van der Waals surface area contributed by atoms with Crippen molar-refractivity contribution in [3.05, 3.63) is 27.1 Å². The molecule has 0 radical (unpaired) electrons. The highest BCUT2D eigenvalue weighted by Crippen LogP contribution is 2.28. The van der Waals surface area contributed by atoms with E-state index >= 15 is 0 Å². The van der Waals surface area contributed by atoms with E-state index in [1.165, 1.54) is 4.88 Å². The second-order valence-corrected chi connectivity index (χ2v) is 5.66. The van der Waals surface area contributed by atoms with Crippen molar-refractivity contribution in [3.8, 4) is 0 Å². The molecule has 1 atom stereocenters. The third-order valence-electron chi connectivity index (χ3n) is 3.26. The first-order chi connectivity index (χ1) is 9.21. The number of fused-ring (bicyclic) bond motifs is 1. The summed E-state index contributed by atoms with van der Waals surface area (Å²) in [5.74, 6) is 0.578. The van der Waals surface area contributed by atoms with Gasteiger partial charge in [0, 0.05) is 11.3 Å². The number of thiophene rings is 1. The quantitative estimate of drug-likeness (QED) is 0.938. The highest BCUT2D eigenvalue weighted by Gasteiger charge is 2.24. The Morgan fingerprint density at radius 1 is 1.47 bits per heavy atom. The summed E-state index contributed by atoms with van der Waals surface area (Å²) in [6.07, 6.45) is 2.23. The monoisotopic (exact) mass is 277 g/mol. The summed E-state index contributed by atoms with van der Waals surface area (Å²) in [5.41, 5.74) is 0.915. The minimum Gasteiger partial charge on any atom is -0.384 e. The van der Waals surface area contributed by atoms with Gasteiger partial charge in [0.2, 0.25) is 0 Å². The van der Waals surface area contributed by atoms with E-state index in [4.69, 9.17) is 4.84 Å². The number of H-pyrrole nitrogens is 1. The summed E-state index contributed by atoms with van der Waals surface area (Å²) in [5, 5.41) is 4.67. The molecule has 0 aromatic carbocycles. The van der Waals surface area contributed by atoms with Crippen molar-refractivity contribution in [2.45, 2.75) is 39.2 Å². The Labute approximate surface area is 114 Å². The third-order valence-corrected chi connectivity index (χ3v) is 4.44.